The van der Waals surface area contributed by atoms with Gasteiger partial charge in [0.2, 0.25) is 0 Å². The van der Waals surface area contributed by atoms with Gasteiger partial charge in [0.25, 0.3) is 12.9 Å². The maximum Gasteiger partial charge on any atom is 0.290 e. The van der Waals surface area contributed by atoms with Gasteiger partial charge in [-0.05, 0) is 49.7 Å². The van der Waals surface area contributed by atoms with E-state index < -0.39 is 6.10 Å². The van der Waals surface area contributed by atoms with Crippen LogP contribution < -0.4 is 9.64 Å². The minimum absolute atomic E-state index is 0.0663. The van der Waals surface area contributed by atoms with Gasteiger partial charge in [-0.15, -0.1) is 0 Å². The first-order valence-electron chi connectivity index (χ1n) is 9.95. The number of carboxylic acid groups (broad SMARTS) is 2. The molecule has 4 rings (SSSR count). The van der Waals surface area contributed by atoms with Crippen LogP contribution in [-0.4, -0.2) is 78.0 Å². The molecule has 2 aliphatic rings. The summed E-state index contributed by atoms with van der Waals surface area (Å²) in [5.41, 5.74) is 3.01. The molecule has 1 aromatic heterocycles. The summed E-state index contributed by atoms with van der Waals surface area (Å²) in [6, 6.07) is 10.2. The van der Waals surface area contributed by atoms with Crippen molar-refractivity contribution >= 4 is 18.8 Å². The van der Waals surface area contributed by atoms with E-state index >= 15 is 0 Å². The molecule has 3 N–H and O–H groups in total. The average molecular weight is 431 g/mol. The molecule has 0 bridgehead atoms. The van der Waals surface area contributed by atoms with Gasteiger partial charge < -0.3 is 25.0 Å². The average Bonchev–Trinajstić information content (AvgIpc) is 3.29. The first-order valence-corrected chi connectivity index (χ1v) is 9.95. The smallest absolute Gasteiger partial charge is 0.290 e. The van der Waals surface area contributed by atoms with Crippen LogP contribution >= 0.6 is 0 Å². The number of anilines is 1. The van der Waals surface area contributed by atoms with Crippen LogP contribution in [0.4, 0.5) is 5.82 Å². The summed E-state index contributed by atoms with van der Waals surface area (Å²) in [6.07, 6.45) is 3.74. The molecular formula is C22H29N3O6. The third-order valence-electron chi connectivity index (χ3n) is 5.24. The number of nitrogens with zero attached hydrogens (tertiary/aromatic N) is 3. The highest BCUT2D eigenvalue weighted by Gasteiger charge is 2.35. The van der Waals surface area contributed by atoms with Crippen LogP contribution in [0.3, 0.4) is 0 Å². The third kappa shape index (κ3) is 5.93. The Kier molecular flexibility index (Phi) is 9.23. The lowest BCUT2D eigenvalue weighted by molar-refractivity contribution is -0.123. The molecule has 0 amide bonds. The Morgan fingerprint density at radius 1 is 1.13 bits per heavy atom. The van der Waals surface area contributed by atoms with Crippen LogP contribution in [0.25, 0.3) is 11.1 Å². The number of aromatic nitrogens is 1. The van der Waals surface area contributed by atoms with Crippen molar-refractivity contribution in [2.24, 2.45) is 0 Å². The zero-order valence-corrected chi connectivity index (χ0v) is 17.7. The van der Waals surface area contributed by atoms with Crippen LogP contribution in [0.15, 0.2) is 36.5 Å². The van der Waals surface area contributed by atoms with Crippen molar-refractivity contribution in [3.05, 3.63) is 42.1 Å². The normalized spacial score (nSPS) is 19.5. The number of ether oxygens (including phenoxy) is 1. The molecule has 2 aromatic rings. The fraction of sp³-hybridized carbons (Fsp3) is 0.409. The molecule has 3 heterocycles. The van der Waals surface area contributed by atoms with Gasteiger partial charge in [-0.1, -0.05) is 12.1 Å². The van der Waals surface area contributed by atoms with E-state index in [0.29, 0.717) is 6.61 Å². The summed E-state index contributed by atoms with van der Waals surface area (Å²) in [7, 11) is 3.98. The maximum absolute atomic E-state index is 10.8. The lowest BCUT2D eigenvalue weighted by Gasteiger charge is -2.36. The van der Waals surface area contributed by atoms with Crippen molar-refractivity contribution in [3.63, 3.8) is 0 Å². The lowest BCUT2D eigenvalue weighted by Crippen LogP contribution is -2.44. The predicted octanol–water partition coefficient (Wildman–Crippen LogP) is 2.11. The van der Waals surface area contributed by atoms with Gasteiger partial charge in [0, 0.05) is 31.4 Å². The van der Waals surface area contributed by atoms with E-state index in [-0.39, 0.29) is 19.0 Å². The zero-order chi connectivity index (χ0) is 22.8. The Bertz CT molecular complexity index is 849. The minimum Gasteiger partial charge on any atom is -0.491 e. The number of aliphatic hydroxyl groups excluding tert-OH is 1. The molecule has 0 radical (unpaired) electrons. The number of aliphatic hydroxyl groups is 1. The van der Waals surface area contributed by atoms with Gasteiger partial charge in [0.05, 0.1) is 6.04 Å². The van der Waals surface area contributed by atoms with E-state index in [1.807, 2.05) is 37.2 Å². The van der Waals surface area contributed by atoms with Gasteiger partial charge >= 0.3 is 0 Å². The molecule has 1 saturated heterocycles. The van der Waals surface area contributed by atoms with Crippen LogP contribution in [-0.2, 0) is 9.59 Å². The molecule has 0 spiro atoms. The van der Waals surface area contributed by atoms with Gasteiger partial charge in [0.15, 0.2) is 0 Å². The lowest BCUT2D eigenvalue weighted by atomic mass is 9.95. The molecule has 2 aliphatic heterocycles. The van der Waals surface area contributed by atoms with E-state index in [2.05, 4.69) is 22.0 Å². The van der Waals surface area contributed by atoms with Crippen LogP contribution in [0.5, 0.6) is 5.75 Å². The van der Waals surface area contributed by atoms with Crippen molar-refractivity contribution in [1.29, 1.82) is 0 Å². The van der Waals surface area contributed by atoms with Gasteiger partial charge in [0.1, 0.15) is 24.3 Å². The molecule has 1 fully saturated rings. The second-order valence-electron chi connectivity index (χ2n) is 7.30. The maximum atomic E-state index is 10.8. The zero-order valence-electron chi connectivity index (χ0n) is 17.7. The molecule has 9 nitrogen and oxygen atoms in total. The number of rotatable bonds is 3. The van der Waals surface area contributed by atoms with E-state index in [1.54, 1.807) is 6.20 Å². The number of fused-ring (bicyclic) bond motifs is 1. The van der Waals surface area contributed by atoms with Crippen molar-refractivity contribution < 1.29 is 29.6 Å². The fourth-order valence-electron chi connectivity index (χ4n) is 3.90. The summed E-state index contributed by atoms with van der Waals surface area (Å²) in [5, 5.41) is 24.6. The quantitative estimate of drug-likeness (QED) is 0.627. The molecule has 9 heteroatoms. The molecule has 0 aliphatic carbocycles. The van der Waals surface area contributed by atoms with Crippen LogP contribution in [0.2, 0.25) is 0 Å². The molecule has 0 unspecified atom stereocenters. The second-order valence-corrected chi connectivity index (χ2v) is 7.30. The first-order chi connectivity index (χ1) is 15.0. The molecule has 0 saturated carbocycles. The number of carbonyl (C=O) groups is 2. The van der Waals surface area contributed by atoms with Gasteiger partial charge in [-0.25, -0.2) is 4.98 Å². The summed E-state index contributed by atoms with van der Waals surface area (Å²) in [6.45, 7) is 2.16. The largest absolute Gasteiger partial charge is 0.491 e. The predicted molar refractivity (Wildman–Crippen MR) is 116 cm³/mol. The fourth-order valence-corrected chi connectivity index (χ4v) is 3.90. The highest BCUT2D eigenvalue weighted by Crippen LogP contribution is 2.39. The Hall–Kier alpha value is -3.17. The standard InChI is InChI=1S/C20H25N3O2.2CH2O2/c1-22(2)20-15(6-5-9-21-20)14-7-8-16-18(12-14)25-13-17(19(16)24)23-10-3-4-11-23;2*2-1-3/h5-9,12,17,19,24H,3-4,10-11,13H2,1-2H3;2*1H,(H,2,3)/t17-,19-;;/m1../s1. The summed E-state index contributed by atoms with van der Waals surface area (Å²) in [5.74, 6) is 1.71. The minimum atomic E-state index is -0.488. The number of hydrogen-bond donors (Lipinski definition) is 3. The Balaban J connectivity index is 0.000000513. The molecule has 168 valence electrons. The third-order valence-corrected chi connectivity index (χ3v) is 5.24. The number of pyridine rings is 1. The molecule has 2 atom stereocenters. The summed E-state index contributed by atoms with van der Waals surface area (Å²) < 4.78 is 6.05. The Morgan fingerprint density at radius 3 is 2.39 bits per heavy atom. The van der Waals surface area contributed by atoms with Crippen LogP contribution in [0, 0.1) is 0 Å². The number of likely N-dealkylation sites (tertiary alicyclic amines) is 1. The molecular weight excluding hydrogens is 402 g/mol. The Labute approximate surface area is 181 Å². The first kappa shape index (κ1) is 24.1. The van der Waals surface area contributed by atoms with E-state index in [1.165, 1.54) is 12.8 Å². The monoisotopic (exact) mass is 431 g/mol. The number of hydrogen-bond acceptors (Lipinski definition) is 7. The van der Waals surface area contributed by atoms with Crippen molar-refractivity contribution in [3.8, 4) is 16.9 Å². The van der Waals surface area contributed by atoms with Gasteiger partial charge in [-0.3, -0.25) is 14.5 Å². The SMILES string of the molecule is CN(C)c1ncccc1-c1ccc2c(c1)OC[C@@H](N1CCCC1)[C@@H]2O.O=CO.O=CO. The molecule has 1 aromatic carbocycles. The highest BCUT2D eigenvalue weighted by molar-refractivity contribution is 5.76. The summed E-state index contributed by atoms with van der Waals surface area (Å²) >= 11 is 0. The van der Waals surface area contributed by atoms with Crippen LogP contribution in [0.1, 0.15) is 24.5 Å². The topological polar surface area (TPSA) is 123 Å². The second kappa shape index (κ2) is 11.9. The van der Waals surface area contributed by atoms with E-state index in [0.717, 1.165) is 41.3 Å². The van der Waals surface area contributed by atoms with Crippen molar-refractivity contribution in [1.82, 2.24) is 9.88 Å². The number of benzene rings is 1. The van der Waals surface area contributed by atoms with E-state index in [9.17, 15) is 5.11 Å². The Morgan fingerprint density at radius 2 is 1.77 bits per heavy atom. The molecule has 31 heavy (non-hydrogen) atoms. The van der Waals surface area contributed by atoms with Gasteiger partial charge in [-0.2, -0.15) is 0 Å². The highest BCUT2D eigenvalue weighted by atomic mass is 16.5. The van der Waals surface area contributed by atoms with E-state index in [4.69, 9.17) is 24.5 Å². The van der Waals surface area contributed by atoms with Crippen molar-refractivity contribution in [2.45, 2.75) is 25.0 Å². The summed E-state index contributed by atoms with van der Waals surface area (Å²) in [4.78, 5) is 25.6. The van der Waals surface area contributed by atoms with Crippen molar-refractivity contribution in [2.75, 3.05) is 38.7 Å².